The maximum Gasteiger partial charge on any atom is 0.185 e. The number of methoxy groups -OCH3 is 1. The number of thiazole rings is 1. The Balaban J connectivity index is 2.20. The molecule has 5 heteroatoms. The van der Waals surface area contributed by atoms with E-state index in [2.05, 4.69) is 41.5 Å². The lowest BCUT2D eigenvalue weighted by Gasteiger charge is -2.14. The van der Waals surface area contributed by atoms with Gasteiger partial charge in [0.2, 0.25) is 0 Å². The lowest BCUT2D eigenvalue weighted by atomic mass is 10.1. The van der Waals surface area contributed by atoms with Crippen molar-refractivity contribution in [3.63, 3.8) is 0 Å². The van der Waals surface area contributed by atoms with Gasteiger partial charge in [0.25, 0.3) is 0 Å². The van der Waals surface area contributed by atoms with E-state index in [0.717, 1.165) is 36.9 Å². The van der Waals surface area contributed by atoms with Crippen LogP contribution in [0.25, 0.3) is 11.3 Å². The molecule has 0 spiro atoms. The number of anilines is 1. The molecule has 2 rings (SSSR count). The smallest absolute Gasteiger partial charge is 0.185 e. The Morgan fingerprint density at radius 3 is 2.71 bits per heavy atom. The van der Waals surface area contributed by atoms with E-state index in [4.69, 9.17) is 9.72 Å². The van der Waals surface area contributed by atoms with Crippen LogP contribution in [0.5, 0.6) is 0 Å². The molecule has 0 bridgehead atoms. The molecule has 0 unspecified atom stereocenters. The van der Waals surface area contributed by atoms with E-state index in [1.807, 2.05) is 13.1 Å². The van der Waals surface area contributed by atoms with Crippen molar-refractivity contribution in [2.75, 3.05) is 39.3 Å². The number of nitrogens with one attached hydrogen (secondary N) is 1. The van der Waals surface area contributed by atoms with Crippen LogP contribution in [0.3, 0.4) is 0 Å². The molecule has 0 fully saturated rings. The predicted molar refractivity (Wildman–Crippen MR) is 90.1 cm³/mol. The molecule has 0 atom stereocenters. The van der Waals surface area contributed by atoms with Crippen LogP contribution in [0.4, 0.5) is 5.13 Å². The monoisotopic (exact) mass is 305 g/mol. The van der Waals surface area contributed by atoms with Crippen molar-refractivity contribution in [1.82, 2.24) is 10.3 Å². The molecule has 21 heavy (non-hydrogen) atoms. The standard InChI is InChI=1S/C16H23N3OS/c1-17-12-14-15(13-8-5-4-6-9-13)18-16(21-14)19(2)10-7-11-20-3/h4-6,8-9,17H,7,10-12H2,1-3H3. The Kier molecular flexibility index (Phi) is 6.17. The number of ether oxygens (including phenoxy) is 1. The summed E-state index contributed by atoms with van der Waals surface area (Å²) in [6.07, 6.45) is 1.01. The molecule has 0 radical (unpaired) electrons. The highest BCUT2D eigenvalue weighted by molar-refractivity contribution is 7.16. The molecule has 0 aliphatic rings. The van der Waals surface area contributed by atoms with Gasteiger partial charge in [0.05, 0.1) is 5.69 Å². The first-order valence-electron chi connectivity index (χ1n) is 7.16. The summed E-state index contributed by atoms with van der Waals surface area (Å²) in [5.74, 6) is 0. The third-order valence-electron chi connectivity index (χ3n) is 3.24. The largest absolute Gasteiger partial charge is 0.385 e. The summed E-state index contributed by atoms with van der Waals surface area (Å²) in [6.45, 7) is 2.58. The Hall–Kier alpha value is -1.43. The van der Waals surface area contributed by atoms with Gasteiger partial charge in [-0.2, -0.15) is 0 Å². The number of aromatic nitrogens is 1. The highest BCUT2D eigenvalue weighted by Crippen LogP contribution is 2.32. The molecule has 0 aliphatic heterocycles. The lowest BCUT2D eigenvalue weighted by molar-refractivity contribution is 0.196. The van der Waals surface area contributed by atoms with Gasteiger partial charge >= 0.3 is 0 Å². The molecule has 4 nitrogen and oxygen atoms in total. The van der Waals surface area contributed by atoms with Crippen LogP contribution < -0.4 is 10.2 Å². The molecule has 1 heterocycles. The first kappa shape index (κ1) is 15.9. The summed E-state index contributed by atoms with van der Waals surface area (Å²) in [7, 11) is 5.80. The summed E-state index contributed by atoms with van der Waals surface area (Å²) < 4.78 is 5.11. The lowest BCUT2D eigenvalue weighted by Crippen LogP contribution is -2.19. The molecular formula is C16H23N3OS. The van der Waals surface area contributed by atoms with E-state index in [0.29, 0.717) is 0 Å². The maximum absolute atomic E-state index is 5.11. The van der Waals surface area contributed by atoms with Gasteiger partial charge in [0, 0.05) is 44.3 Å². The minimum Gasteiger partial charge on any atom is -0.385 e. The van der Waals surface area contributed by atoms with Gasteiger partial charge in [0.15, 0.2) is 5.13 Å². The van der Waals surface area contributed by atoms with Gasteiger partial charge in [0.1, 0.15) is 0 Å². The summed E-state index contributed by atoms with van der Waals surface area (Å²) in [5.41, 5.74) is 2.26. The molecule has 0 aliphatic carbocycles. The zero-order chi connectivity index (χ0) is 15.1. The fraction of sp³-hybridized carbons (Fsp3) is 0.438. The van der Waals surface area contributed by atoms with Crippen molar-refractivity contribution in [3.8, 4) is 11.3 Å². The third kappa shape index (κ3) is 4.27. The first-order valence-corrected chi connectivity index (χ1v) is 7.97. The van der Waals surface area contributed by atoms with E-state index >= 15 is 0 Å². The zero-order valence-corrected chi connectivity index (χ0v) is 13.7. The average molecular weight is 305 g/mol. The van der Waals surface area contributed by atoms with Crippen molar-refractivity contribution in [2.24, 2.45) is 0 Å². The maximum atomic E-state index is 5.11. The SMILES string of the molecule is CNCc1sc(N(C)CCCOC)nc1-c1ccccc1. The van der Waals surface area contributed by atoms with Gasteiger partial charge < -0.3 is 15.0 Å². The topological polar surface area (TPSA) is 37.4 Å². The zero-order valence-electron chi connectivity index (χ0n) is 12.9. The van der Waals surface area contributed by atoms with Crippen LogP contribution in [0, 0.1) is 0 Å². The molecule has 1 aromatic carbocycles. The van der Waals surface area contributed by atoms with Crippen LogP contribution in [0.1, 0.15) is 11.3 Å². The first-order chi connectivity index (χ1) is 10.3. The molecule has 0 saturated carbocycles. The minimum absolute atomic E-state index is 0.782. The molecule has 1 N–H and O–H groups in total. The summed E-state index contributed by atoms with van der Waals surface area (Å²) in [6, 6.07) is 10.4. The second-order valence-corrected chi connectivity index (χ2v) is 5.99. The van der Waals surface area contributed by atoms with E-state index in [9.17, 15) is 0 Å². The highest BCUT2D eigenvalue weighted by atomic mass is 32.1. The molecular weight excluding hydrogens is 282 g/mol. The van der Waals surface area contributed by atoms with Gasteiger partial charge in [-0.15, -0.1) is 0 Å². The Bertz CT molecular complexity index is 542. The van der Waals surface area contributed by atoms with Crippen molar-refractivity contribution in [3.05, 3.63) is 35.2 Å². The molecule has 114 valence electrons. The third-order valence-corrected chi connectivity index (χ3v) is 4.41. The van der Waals surface area contributed by atoms with Crippen molar-refractivity contribution in [1.29, 1.82) is 0 Å². The van der Waals surface area contributed by atoms with E-state index < -0.39 is 0 Å². The van der Waals surface area contributed by atoms with Gasteiger partial charge in [-0.05, 0) is 13.5 Å². The number of rotatable bonds is 8. The second kappa shape index (κ2) is 8.12. The normalized spacial score (nSPS) is 10.8. The Labute approximate surface area is 130 Å². The highest BCUT2D eigenvalue weighted by Gasteiger charge is 2.14. The summed E-state index contributed by atoms with van der Waals surface area (Å²) in [4.78, 5) is 8.32. The van der Waals surface area contributed by atoms with Gasteiger partial charge in [-0.25, -0.2) is 4.98 Å². The summed E-state index contributed by atoms with van der Waals surface area (Å²) >= 11 is 1.76. The van der Waals surface area contributed by atoms with E-state index in [1.165, 1.54) is 10.4 Å². The molecule has 1 aromatic heterocycles. The number of benzene rings is 1. The Morgan fingerprint density at radius 2 is 2.05 bits per heavy atom. The van der Waals surface area contributed by atoms with Crippen molar-refractivity contribution < 1.29 is 4.74 Å². The number of hydrogen-bond acceptors (Lipinski definition) is 5. The van der Waals surface area contributed by atoms with Crippen LogP contribution >= 0.6 is 11.3 Å². The van der Waals surface area contributed by atoms with Crippen molar-refractivity contribution >= 4 is 16.5 Å². The van der Waals surface area contributed by atoms with Crippen LogP contribution in [-0.4, -0.2) is 39.3 Å². The van der Waals surface area contributed by atoms with Gasteiger partial charge in [-0.1, -0.05) is 41.7 Å². The molecule has 0 amide bonds. The average Bonchev–Trinajstić information content (AvgIpc) is 2.93. The van der Waals surface area contributed by atoms with Crippen LogP contribution in [-0.2, 0) is 11.3 Å². The van der Waals surface area contributed by atoms with Crippen LogP contribution in [0.2, 0.25) is 0 Å². The quantitative estimate of drug-likeness (QED) is 0.761. The fourth-order valence-electron chi connectivity index (χ4n) is 2.15. The van der Waals surface area contributed by atoms with Gasteiger partial charge in [-0.3, -0.25) is 0 Å². The fourth-order valence-corrected chi connectivity index (χ4v) is 3.23. The van der Waals surface area contributed by atoms with Crippen molar-refractivity contribution in [2.45, 2.75) is 13.0 Å². The predicted octanol–water partition coefficient (Wildman–Crippen LogP) is 3.00. The van der Waals surface area contributed by atoms with E-state index in [1.54, 1.807) is 18.4 Å². The number of nitrogens with zero attached hydrogens (tertiary/aromatic N) is 2. The Morgan fingerprint density at radius 1 is 1.29 bits per heavy atom. The second-order valence-electron chi connectivity index (χ2n) is 4.93. The minimum atomic E-state index is 0.782. The molecule has 2 aromatic rings. The molecule has 0 saturated heterocycles. The van der Waals surface area contributed by atoms with E-state index in [-0.39, 0.29) is 0 Å². The summed E-state index contributed by atoms with van der Waals surface area (Å²) in [5, 5.41) is 4.30. The van der Waals surface area contributed by atoms with Crippen LogP contribution in [0.15, 0.2) is 30.3 Å². The number of hydrogen-bond donors (Lipinski definition) is 1.